The van der Waals surface area contributed by atoms with Crippen molar-refractivity contribution in [3.63, 3.8) is 0 Å². The number of nitrogens with two attached hydrogens (primary N) is 1. The fraction of sp³-hybridized carbons (Fsp3) is 0.571. The third-order valence-electron chi connectivity index (χ3n) is 2.54. The first-order valence-corrected chi connectivity index (χ1v) is 6.29. The Morgan fingerprint density at radius 3 is 2.22 bits per heavy atom. The number of ether oxygens (including phenoxy) is 3. The molecule has 0 bridgehead atoms. The van der Waals surface area contributed by atoms with Crippen molar-refractivity contribution in [1.29, 1.82) is 0 Å². The van der Waals surface area contributed by atoms with Crippen molar-refractivity contribution in [2.24, 2.45) is 5.73 Å². The summed E-state index contributed by atoms with van der Waals surface area (Å²) in [5.41, 5.74) is 7.85. The SMILES string of the molecule is COCCOCCCOCc1ccc(CN)cc1. The summed E-state index contributed by atoms with van der Waals surface area (Å²) in [6.45, 7) is 3.95. The Kier molecular flexibility index (Phi) is 8.42. The maximum atomic E-state index is 5.56. The van der Waals surface area contributed by atoms with Crippen LogP contribution in [0.25, 0.3) is 0 Å². The van der Waals surface area contributed by atoms with Gasteiger partial charge in [-0.1, -0.05) is 24.3 Å². The molecule has 1 aromatic rings. The molecule has 0 aliphatic carbocycles. The van der Waals surface area contributed by atoms with E-state index >= 15 is 0 Å². The molecule has 0 unspecified atom stereocenters. The summed E-state index contributed by atoms with van der Waals surface area (Å²) in [6.07, 6.45) is 0.907. The molecule has 0 fully saturated rings. The van der Waals surface area contributed by atoms with Gasteiger partial charge in [0.1, 0.15) is 0 Å². The Morgan fingerprint density at radius 1 is 0.889 bits per heavy atom. The lowest BCUT2D eigenvalue weighted by atomic mass is 10.1. The van der Waals surface area contributed by atoms with E-state index in [1.54, 1.807) is 7.11 Å². The molecule has 4 heteroatoms. The highest BCUT2D eigenvalue weighted by Gasteiger charge is 1.95. The summed E-state index contributed by atoms with van der Waals surface area (Å²) in [7, 11) is 1.67. The van der Waals surface area contributed by atoms with Gasteiger partial charge < -0.3 is 19.9 Å². The summed E-state index contributed by atoms with van der Waals surface area (Å²) >= 11 is 0. The van der Waals surface area contributed by atoms with Crippen LogP contribution in [0.1, 0.15) is 17.5 Å². The first-order chi connectivity index (χ1) is 8.86. The number of hydrogen-bond donors (Lipinski definition) is 1. The zero-order valence-corrected chi connectivity index (χ0v) is 11.1. The molecule has 0 aliphatic rings. The zero-order valence-electron chi connectivity index (χ0n) is 11.1. The van der Waals surface area contributed by atoms with Crippen molar-refractivity contribution in [2.75, 3.05) is 33.5 Å². The van der Waals surface area contributed by atoms with E-state index in [4.69, 9.17) is 19.9 Å². The van der Waals surface area contributed by atoms with Crippen LogP contribution in [0.15, 0.2) is 24.3 Å². The average molecular weight is 253 g/mol. The van der Waals surface area contributed by atoms with Crippen LogP contribution in [0.3, 0.4) is 0 Å². The summed E-state index contributed by atoms with van der Waals surface area (Å²) in [5, 5.41) is 0. The smallest absolute Gasteiger partial charge is 0.0716 e. The second-order valence-corrected chi connectivity index (χ2v) is 4.03. The number of methoxy groups -OCH3 is 1. The predicted octanol–water partition coefficient (Wildman–Crippen LogP) is 1.71. The number of hydrogen-bond acceptors (Lipinski definition) is 4. The third kappa shape index (κ3) is 6.71. The van der Waals surface area contributed by atoms with Gasteiger partial charge in [-0.05, 0) is 17.5 Å². The monoisotopic (exact) mass is 253 g/mol. The molecule has 2 N–H and O–H groups in total. The fourth-order valence-electron chi connectivity index (χ4n) is 1.47. The van der Waals surface area contributed by atoms with Crippen LogP contribution < -0.4 is 5.73 Å². The van der Waals surface area contributed by atoms with Crippen LogP contribution >= 0.6 is 0 Å². The van der Waals surface area contributed by atoms with Crippen molar-refractivity contribution in [1.82, 2.24) is 0 Å². The normalized spacial score (nSPS) is 10.8. The van der Waals surface area contributed by atoms with E-state index in [9.17, 15) is 0 Å². The van der Waals surface area contributed by atoms with E-state index in [0.29, 0.717) is 33.0 Å². The highest BCUT2D eigenvalue weighted by Crippen LogP contribution is 2.05. The topological polar surface area (TPSA) is 53.7 Å². The van der Waals surface area contributed by atoms with E-state index in [1.165, 1.54) is 5.56 Å². The molecule has 0 saturated heterocycles. The van der Waals surface area contributed by atoms with Gasteiger partial charge in [-0.2, -0.15) is 0 Å². The predicted molar refractivity (Wildman–Crippen MR) is 71.3 cm³/mol. The van der Waals surface area contributed by atoms with Gasteiger partial charge in [-0.15, -0.1) is 0 Å². The highest BCUT2D eigenvalue weighted by atomic mass is 16.5. The fourth-order valence-corrected chi connectivity index (χ4v) is 1.47. The molecule has 18 heavy (non-hydrogen) atoms. The first-order valence-electron chi connectivity index (χ1n) is 6.29. The molecule has 102 valence electrons. The van der Waals surface area contributed by atoms with Gasteiger partial charge in [0, 0.05) is 26.9 Å². The molecule has 0 heterocycles. The van der Waals surface area contributed by atoms with Gasteiger partial charge in [-0.3, -0.25) is 0 Å². The highest BCUT2D eigenvalue weighted by molar-refractivity contribution is 5.21. The molecule has 1 aromatic carbocycles. The van der Waals surface area contributed by atoms with Crippen LogP contribution in [0.4, 0.5) is 0 Å². The molecular formula is C14H23NO3. The van der Waals surface area contributed by atoms with E-state index in [1.807, 2.05) is 12.1 Å². The minimum absolute atomic E-state index is 0.583. The molecular weight excluding hydrogens is 230 g/mol. The third-order valence-corrected chi connectivity index (χ3v) is 2.54. The largest absolute Gasteiger partial charge is 0.382 e. The Bertz CT molecular complexity index is 300. The molecule has 0 aromatic heterocycles. The molecule has 0 aliphatic heterocycles. The van der Waals surface area contributed by atoms with Crippen LogP contribution in [-0.4, -0.2) is 33.5 Å². The Hall–Kier alpha value is -0.940. The van der Waals surface area contributed by atoms with Gasteiger partial charge in [0.25, 0.3) is 0 Å². The molecule has 0 saturated carbocycles. The van der Waals surface area contributed by atoms with Crippen molar-refractivity contribution < 1.29 is 14.2 Å². The van der Waals surface area contributed by atoms with E-state index in [0.717, 1.165) is 18.6 Å². The maximum absolute atomic E-state index is 5.56. The second-order valence-electron chi connectivity index (χ2n) is 4.03. The van der Waals surface area contributed by atoms with Crippen LogP contribution in [-0.2, 0) is 27.4 Å². The van der Waals surface area contributed by atoms with Crippen molar-refractivity contribution >= 4 is 0 Å². The van der Waals surface area contributed by atoms with Crippen LogP contribution in [0.5, 0.6) is 0 Å². The summed E-state index contributed by atoms with van der Waals surface area (Å²) in [5.74, 6) is 0. The molecule has 0 spiro atoms. The molecule has 4 nitrogen and oxygen atoms in total. The minimum Gasteiger partial charge on any atom is -0.382 e. The second kappa shape index (κ2) is 10.0. The quantitative estimate of drug-likeness (QED) is 0.645. The molecule has 0 atom stereocenters. The maximum Gasteiger partial charge on any atom is 0.0716 e. The molecule has 1 rings (SSSR count). The lowest BCUT2D eigenvalue weighted by Gasteiger charge is -2.06. The van der Waals surface area contributed by atoms with Crippen molar-refractivity contribution in [3.05, 3.63) is 35.4 Å². The molecule has 0 amide bonds. The molecule has 0 radical (unpaired) electrons. The van der Waals surface area contributed by atoms with Crippen LogP contribution in [0.2, 0.25) is 0 Å². The summed E-state index contributed by atoms with van der Waals surface area (Å²) in [4.78, 5) is 0. The number of rotatable bonds is 10. The summed E-state index contributed by atoms with van der Waals surface area (Å²) < 4.78 is 15.8. The van der Waals surface area contributed by atoms with Crippen molar-refractivity contribution in [3.8, 4) is 0 Å². The van der Waals surface area contributed by atoms with Gasteiger partial charge >= 0.3 is 0 Å². The first kappa shape index (κ1) is 15.1. The van der Waals surface area contributed by atoms with Gasteiger partial charge in [-0.25, -0.2) is 0 Å². The van der Waals surface area contributed by atoms with Gasteiger partial charge in [0.2, 0.25) is 0 Å². The average Bonchev–Trinajstić information content (AvgIpc) is 2.42. The van der Waals surface area contributed by atoms with E-state index in [2.05, 4.69) is 12.1 Å². The summed E-state index contributed by atoms with van der Waals surface area (Å²) in [6, 6.07) is 8.17. The Morgan fingerprint density at radius 2 is 1.56 bits per heavy atom. The number of benzene rings is 1. The van der Waals surface area contributed by atoms with Crippen LogP contribution in [0, 0.1) is 0 Å². The van der Waals surface area contributed by atoms with Crippen molar-refractivity contribution in [2.45, 2.75) is 19.6 Å². The van der Waals surface area contributed by atoms with Gasteiger partial charge in [0.15, 0.2) is 0 Å². The standard InChI is InChI=1S/C14H23NO3/c1-16-9-10-17-7-2-8-18-12-14-5-3-13(11-15)4-6-14/h3-6H,2,7-12,15H2,1H3. The van der Waals surface area contributed by atoms with E-state index in [-0.39, 0.29) is 0 Å². The lowest BCUT2D eigenvalue weighted by molar-refractivity contribution is 0.0483. The zero-order chi connectivity index (χ0) is 13.1. The van der Waals surface area contributed by atoms with Gasteiger partial charge in [0.05, 0.1) is 19.8 Å². The lowest BCUT2D eigenvalue weighted by Crippen LogP contribution is -2.05. The van der Waals surface area contributed by atoms with E-state index < -0.39 is 0 Å². The minimum atomic E-state index is 0.583. The Balaban J connectivity index is 2.00. The Labute approximate surface area is 109 Å².